The van der Waals surface area contributed by atoms with Crippen molar-refractivity contribution in [3.05, 3.63) is 0 Å². The average Bonchev–Trinajstić information content (AvgIpc) is 0.722. The minimum atomic E-state index is 0. The average molecular weight is 163 g/mol. The van der Waals surface area contributed by atoms with E-state index in [2.05, 4.69) is 28.2 Å². The highest BCUT2D eigenvalue weighted by Gasteiger charge is 1.88. The molecule has 0 aliphatic heterocycles. The van der Waals surface area contributed by atoms with E-state index in [0.717, 1.165) is 4.48 Å². The largest absolute Gasteiger partial charge is 0.870 e. The van der Waals surface area contributed by atoms with Gasteiger partial charge in [0.25, 0.3) is 0 Å². The molecule has 0 saturated carbocycles. The van der Waals surface area contributed by atoms with Crippen molar-refractivity contribution >= 4 is 0 Å². The van der Waals surface area contributed by atoms with Crippen molar-refractivity contribution in [3.8, 4) is 0 Å². The summed E-state index contributed by atoms with van der Waals surface area (Å²) in [4.78, 5) is 0. The molecule has 0 aromatic rings. The van der Waals surface area contributed by atoms with E-state index in [1.54, 1.807) is 0 Å². The van der Waals surface area contributed by atoms with Gasteiger partial charge in [-0.25, -0.2) is 0 Å². The first-order valence-corrected chi connectivity index (χ1v) is 1.79. The Balaban J connectivity index is -0.00000000800. The van der Waals surface area contributed by atoms with Crippen LogP contribution in [0.25, 0.3) is 0 Å². The molecular formula is C4H21NO5. The lowest BCUT2D eigenvalue weighted by atomic mass is 10.8. The molecule has 9 N–H and O–H groups in total. The van der Waals surface area contributed by atoms with Gasteiger partial charge in [0.1, 0.15) is 0 Å². The molecule has 0 saturated heterocycles. The van der Waals surface area contributed by atoms with Gasteiger partial charge in [-0.15, -0.1) is 0 Å². The molecule has 0 unspecified atom stereocenters. The number of rotatable bonds is 0. The zero-order valence-electron chi connectivity index (χ0n) is 6.89. The first-order valence-electron chi connectivity index (χ1n) is 1.79. The van der Waals surface area contributed by atoms with Gasteiger partial charge in [0.2, 0.25) is 0 Å². The maximum absolute atomic E-state index is 2.12. The molecule has 0 fully saturated rings. The van der Waals surface area contributed by atoms with E-state index in [1.807, 2.05) is 0 Å². The number of hydrogen-bond acceptors (Lipinski definition) is 1. The van der Waals surface area contributed by atoms with Crippen LogP contribution in [0.4, 0.5) is 0 Å². The number of hydrogen-bond donors (Lipinski definition) is 0. The van der Waals surface area contributed by atoms with Crippen molar-refractivity contribution in [2.75, 3.05) is 28.2 Å². The second-order valence-corrected chi connectivity index (χ2v) is 2.68. The highest BCUT2D eigenvalue weighted by Crippen LogP contribution is 1.73. The van der Waals surface area contributed by atoms with Crippen LogP contribution >= 0.6 is 0 Å². The van der Waals surface area contributed by atoms with Crippen LogP contribution in [0.2, 0.25) is 0 Å². The smallest absolute Gasteiger partial charge is 0.0675 e. The molecule has 0 spiro atoms. The molecule has 0 aliphatic rings. The predicted molar refractivity (Wildman–Crippen MR) is 40.3 cm³/mol. The van der Waals surface area contributed by atoms with Gasteiger partial charge in [-0.1, -0.05) is 0 Å². The molecule has 0 bridgehead atoms. The Morgan fingerprint density at radius 2 is 0.600 bits per heavy atom. The molecule has 6 heteroatoms. The molecule has 0 atom stereocenters. The SMILES string of the molecule is C[N+](C)(C)C.O.O.O.O.[OH-]. The van der Waals surface area contributed by atoms with Crippen molar-refractivity contribution in [3.63, 3.8) is 0 Å². The molecule has 0 aliphatic carbocycles. The Hall–Kier alpha value is -0.240. The van der Waals surface area contributed by atoms with Crippen molar-refractivity contribution in [2.45, 2.75) is 0 Å². The Morgan fingerprint density at radius 3 is 0.600 bits per heavy atom. The third-order valence-electron chi connectivity index (χ3n) is 0. The first-order chi connectivity index (χ1) is 2.00. The van der Waals surface area contributed by atoms with E-state index in [9.17, 15) is 0 Å². The van der Waals surface area contributed by atoms with Crippen LogP contribution in [0, 0.1) is 0 Å². The van der Waals surface area contributed by atoms with E-state index >= 15 is 0 Å². The molecule has 10 heavy (non-hydrogen) atoms. The fraction of sp³-hybridized carbons (Fsp3) is 1.00. The minimum Gasteiger partial charge on any atom is -0.870 e. The number of nitrogens with zero attached hydrogens (tertiary/aromatic N) is 1. The van der Waals surface area contributed by atoms with E-state index in [1.165, 1.54) is 0 Å². The van der Waals surface area contributed by atoms with Crippen LogP contribution in [0.1, 0.15) is 0 Å². The molecule has 6 nitrogen and oxygen atoms in total. The Morgan fingerprint density at radius 1 is 0.600 bits per heavy atom. The summed E-state index contributed by atoms with van der Waals surface area (Å²) in [6.45, 7) is 0. The van der Waals surface area contributed by atoms with Crippen LogP contribution in [0.3, 0.4) is 0 Å². The van der Waals surface area contributed by atoms with Crippen molar-refractivity contribution in [1.29, 1.82) is 0 Å². The minimum absolute atomic E-state index is 0. The Kier molecular flexibility index (Phi) is 84.2. The lowest BCUT2D eigenvalue weighted by Crippen LogP contribution is -2.27. The van der Waals surface area contributed by atoms with Crippen LogP contribution < -0.4 is 0 Å². The van der Waals surface area contributed by atoms with Crippen LogP contribution in [0.5, 0.6) is 0 Å². The molecule has 0 aromatic heterocycles. The lowest BCUT2D eigenvalue weighted by molar-refractivity contribution is -0.849. The summed E-state index contributed by atoms with van der Waals surface area (Å²) < 4.78 is 1.00. The lowest BCUT2D eigenvalue weighted by Gasteiger charge is -2.14. The third-order valence-corrected chi connectivity index (χ3v) is 0. The molecule has 0 rings (SSSR count). The van der Waals surface area contributed by atoms with E-state index in [-0.39, 0.29) is 27.4 Å². The van der Waals surface area contributed by atoms with Crippen molar-refractivity contribution < 1.29 is 31.9 Å². The second kappa shape index (κ2) is 15.9. The highest BCUT2D eigenvalue weighted by atomic mass is 16.0. The summed E-state index contributed by atoms with van der Waals surface area (Å²) >= 11 is 0. The summed E-state index contributed by atoms with van der Waals surface area (Å²) in [5, 5.41) is 0. The maximum atomic E-state index is 2.12. The van der Waals surface area contributed by atoms with Gasteiger partial charge in [0.05, 0.1) is 28.2 Å². The van der Waals surface area contributed by atoms with Crippen LogP contribution in [-0.4, -0.2) is 60.1 Å². The highest BCUT2D eigenvalue weighted by molar-refractivity contribution is 3.87. The summed E-state index contributed by atoms with van der Waals surface area (Å²) in [5.74, 6) is 0. The Bertz CT molecular complexity index is 29.1. The van der Waals surface area contributed by atoms with E-state index < -0.39 is 0 Å². The van der Waals surface area contributed by atoms with Crippen molar-refractivity contribution in [1.82, 2.24) is 0 Å². The van der Waals surface area contributed by atoms with E-state index in [4.69, 9.17) is 0 Å². The summed E-state index contributed by atoms with van der Waals surface area (Å²) in [7, 11) is 8.50. The topological polar surface area (TPSA) is 156 Å². The van der Waals surface area contributed by atoms with Gasteiger partial charge in [-0.05, 0) is 0 Å². The molecule has 0 radical (unpaired) electrons. The zero-order valence-corrected chi connectivity index (χ0v) is 6.89. The predicted octanol–water partition coefficient (Wildman–Crippen LogP) is -3.15. The van der Waals surface area contributed by atoms with Gasteiger partial charge in [-0.2, -0.15) is 0 Å². The molecule has 72 valence electrons. The Labute approximate surface area is 61.2 Å². The molecule has 0 amide bonds. The summed E-state index contributed by atoms with van der Waals surface area (Å²) in [6.07, 6.45) is 0. The van der Waals surface area contributed by atoms with Gasteiger partial charge >= 0.3 is 0 Å². The van der Waals surface area contributed by atoms with Gasteiger partial charge in [0, 0.05) is 0 Å². The fourth-order valence-electron chi connectivity index (χ4n) is 0. The summed E-state index contributed by atoms with van der Waals surface area (Å²) in [5.41, 5.74) is 0. The zero-order chi connectivity index (χ0) is 4.50. The van der Waals surface area contributed by atoms with Crippen LogP contribution in [0.15, 0.2) is 0 Å². The number of quaternary nitrogens is 1. The fourth-order valence-corrected chi connectivity index (χ4v) is 0. The normalized spacial score (nSPS) is 6.00. The maximum Gasteiger partial charge on any atom is 0.0675 e. The molecule has 0 heterocycles. The van der Waals surface area contributed by atoms with Gasteiger partial charge in [0.15, 0.2) is 0 Å². The quantitative estimate of drug-likeness (QED) is 0.339. The van der Waals surface area contributed by atoms with Crippen LogP contribution in [-0.2, 0) is 0 Å². The molecule has 0 aromatic carbocycles. The standard InChI is InChI=1S/C4H12N.5H2O/c1-5(2,3)4;;;;;/h1-4H3;5*1H2/q+1;;;;;/p-1. The summed E-state index contributed by atoms with van der Waals surface area (Å²) in [6, 6.07) is 0. The monoisotopic (exact) mass is 163 g/mol. The first kappa shape index (κ1) is 53.0. The van der Waals surface area contributed by atoms with Crippen molar-refractivity contribution in [2.24, 2.45) is 0 Å². The van der Waals surface area contributed by atoms with E-state index in [0.29, 0.717) is 0 Å². The van der Waals surface area contributed by atoms with Gasteiger partial charge in [-0.3, -0.25) is 0 Å². The second-order valence-electron chi connectivity index (χ2n) is 2.68. The molecular weight excluding hydrogens is 142 g/mol. The van der Waals surface area contributed by atoms with Gasteiger partial charge < -0.3 is 31.9 Å². The third kappa shape index (κ3) is 6160.